The van der Waals surface area contributed by atoms with Gasteiger partial charge in [0.2, 0.25) is 0 Å². The molecule has 2 rings (SSSR count). The van der Waals surface area contributed by atoms with E-state index in [-0.39, 0.29) is 5.91 Å². The molecule has 17 heavy (non-hydrogen) atoms. The van der Waals surface area contributed by atoms with Crippen LogP contribution in [0.2, 0.25) is 5.02 Å². The van der Waals surface area contributed by atoms with Gasteiger partial charge >= 0.3 is 0 Å². The number of halogens is 1. The summed E-state index contributed by atoms with van der Waals surface area (Å²) in [5, 5.41) is 2.93. The van der Waals surface area contributed by atoms with E-state index in [2.05, 4.69) is 15.3 Å². The molecule has 0 aliphatic rings. The predicted molar refractivity (Wildman–Crippen MR) is 65.8 cm³/mol. The summed E-state index contributed by atoms with van der Waals surface area (Å²) in [4.78, 5) is 19.5. The molecule has 0 radical (unpaired) electrons. The largest absolute Gasteiger partial charge is 0.399 e. The number of aromatic nitrogens is 2. The standard InChI is InChI=1S/C11H9ClN4O/c12-9-2-1-7(13)5-8(9)11(17)16-10-3-4-14-6-15-10/h1-6H,13H2,(H,14,15,16,17). The van der Waals surface area contributed by atoms with Crippen LogP contribution in [0.25, 0.3) is 0 Å². The van der Waals surface area contributed by atoms with Crippen molar-refractivity contribution in [3.8, 4) is 0 Å². The second kappa shape index (κ2) is 4.80. The molecule has 5 nitrogen and oxygen atoms in total. The van der Waals surface area contributed by atoms with E-state index in [0.29, 0.717) is 22.1 Å². The highest BCUT2D eigenvalue weighted by Gasteiger charge is 2.11. The smallest absolute Gasteiger partial charge is 0.258 e. The Kier molecular flexibility index (Phi) is 3.20. The van der Waals surface area contributed by atoms with E-state index in [4.69, 9.17) is 17.3 Å². The Morgan fingerprint density at radius 1 is 1.35 bits per heavy atom. The highest BCUT2D eigenvalue weighted by Crippen LogP contribution is 2.19. The van der Waals surface area contributed by atoms with Crippen LogP contribution in [0.15, 0.2) is 36.8 Å². The number of anilines is 2. The monoisotopic (exact) mass is 248 g/mol. The van der Waals surface area contributed by atoms with Gasteiger partial charge in [-0.1, -0.05) is 11.6 Å². The van der Waals surface area contributed by atoms with Crippen LogP contribution in [0, 0.1) is 0 Å². The van der Waals surface area contributed by atoms with Crippen LogP contribution < -0.4 is 11.1 Å². The summed E-state index contributed by atoms with van der Waals surface area (Å²) in [7, 11) is 0. The van der Waals surface area contributed by atoms with Crippen LogP contribution in [0.5, 0.6) is 0 Å². The zero-order valence-corrected chi connectivity index (χ0v) is 9.48. The van der Waals surface area contributed by atoms with Crippen LogP contribution >= 0.6 is 11.6 Å². The highest BCUT2D eigenvalue weighted by molar-refractivity contribution is 6.34. The van der Waals surface area contributed by atoms with E-state index in [9.17, 15) is 4.79 Å². The molecule has 3 N–H and O–H groups in total. The Labute approximate surface area is 103 Å². The van der Waals surface area contributed by atoms with Gasteiger partial charge in [0.1, 0.15) is 12.1 Å². The van der Waals surface area contributed by atoms with Gasteiger partial charge in [-0.05, 0) is 24.3 Å². The third-order valence-corrected chi connectivity index (χ3v) is 2.39. The third kappa shape index (κ3) is 2.70. The highest BCUT2D eigenvalue weighted by atomic mass is 35.5. The van der Waals surface area contributed by atoms with E-state index < -0.39 is 0 Å². The van der Waals surface area contributed by atoms with E-state index in [0.717, 1.165) is 0 Å². The number of rotatable bonds is 2. The maximum Gasteiger partial charge on any atom is 0.258 e. The minimum atomic E-state index is -0.360. The van der Waals surface area contributed by atoms with Crippen molar-refractivity contribution < 1.29 is 4.79 Å². The van der Waals surface area contributed by atoms with E-state index >= 15 is 0 Å². The van der Waals surface area contributed by atoms with Crippen LogP contribution in [-0.4, -0.2) is 15.9 Å². The zero-order valence-electron chi connectivity index (χ0n) is 8.72. The van der Waals surface area contributed by atoms with Crippen molar-refractivity contribution >= 4 is 29.0 Å². The lowest BCUT2D eigenvalue weighted by Gasteiger charge is -2.06. The number of benzene rings is 1. The molecule has 0 saturated heterocycles. The SMILES string of the molecule is Nc1ccc(Cl)c(C(=O)Nc2ccncn2)c1. The fraction of sp³-hybridized carbons (Fsp3) is 0. The van der Waals surface area contributed by atoms with Crippen molar-refractivity contribution in [2.24, 2.45) is 0 Å². The number of nitrogens with one attached hydrogen (secondary N) is 1. The van der Waals surface area contributed by atoms with E-state index in [1.807, 2.05) is 0 Å². The summed E-state index contributed by atoms with van der Waals surface area (Å²) in [5.74, 6) is 0.0458. The summed E-state index contributed by atoms with van der Waals surface area (Å²) in [6.07, 6.45) is 2.88. The van der Waals surface area contributed by atoms with Gasteiger partial charge in [0.25, 0.3) is 5.91 Å². The van der Waals surface area contributed by atoms with Crippen LogP contribution in [-0.2, 0) is 0 Å². The van der Waals surface area contributed by atoms with Gasteiger partial charge in [-0.25, -0.2) is 9.97 Å². The Hall–Kier alpha value is -2.14. The number of nitrogen functional groups attached to an aromatic ring is 1. The number of hydrogen-bond donors (Lipinski definition) is 2. The van der Waals surface area contributed by atoms with E-state index in [1.54, 1.807) is 18.2 Å². The lowest BCUT2D eigenvalue weighted by atomic mass is 10.2. The molecule has 1 heterocycles. The lowest BCUT2D eigenvalue weighted by molar-refractivity contribution is 0.102. The normalized spacial score (nSPS) is 9.94. The quantitative estimate of drug-likeness (QED) is 0.796. The van der Waals surface area contributed by atoms with Gasteiger partial charge in [-0.15, -0.1) is 0 Å². The topological polar surface area (TPSA) is 80.9 Å². The Morgan fingerprint density at radius 3 is 2.88 bits per heavy atom. The number of carbonyl (C=O) groups excluding carboxylic acids is 1. The summed E-state index contributed by atoms with van der Waals surface area (Å²) in [6.45, 7) is 0. The summed E-state index contributed by atoms with van der Waals surface area (Å²) in [5.41, 5.74) is 6.38. The molecule has 0 aliphatic heterocycles. The van der Waals surface area contributed by atoms with Gasteiger partial charge in [-0.2, -0.15) is 0 Å². The molecule has 0 bridgehead atoms. The summed E-state index contributed by atoms with van der Waals surface area (Å²) >= 11 is 5.91. The first-order chi connectivity index (χ1) is 8.16. The molecule has 0 fully saturated rings. The first-order valence-electron chi connectivity index (χ1n) is 4.79. The molecule has 0 saturated carbocycles. The maximum absolute atomic E-state index is 11.9. The predicted octanol–water partition coefficient (Wildman–Crippen LogP) is 1.96. The van der Waals surface area contributed by atoms with Gasteiger partial charge in [0.15, 0.2) is 0 Å². The van der Waals surface area contributed by atoms with Gasteiger partial charge in [-0.3, -0.25) is 4.79 Å². The molecule has 0 unspecified atom stereocenters. The number of nitrogens with two attached hydrogens (primary N) is 1. The van der Waals surface area contributed by atoms with Crippen molar-refractivity contribution in [2.45, 2.75) is 0 Å². The molecule has 2 aromatic rings. The van der Waals surface area contributed by atoms with Gasteiger partial charge in [0, 0.05) is 11.9 Å². The number of carbonyl (C=O) groups is 1. The average molecular weight is 249 g/mol. The number of hydrogen-bond acceptors (Lipinski definition) is 4. The fourth-order valence-electron chi connectivity index (χ4n) is 1.27. The average Bonchev–Trinajstić information content (AvgIpc) is 2.33. The zero-order chi connectivity index (χ0) is 12.3. The number of nitrogens with zero attached hydrogens (tertiary/aromatic N) is 2. The molecular weight excluding hydrogens is 240 g/mol. The summed E-state index contributed by atoms with van der Waals surface area (Å²) in [6, 6.07) is 6.30. The molecule has 0 spiro atoms. The van der Waals surface area contributed by atoms with Gasteiger partial charge < -0.3 is 11.1 Å². The second-order valence-corrected chi connectivity index (χ2v) is 3.70. The molecule has 1 aromatic heterocycles. The minimum absolute atomic E-state index is 0.310. The van der Waals surface area contributed by atoms with Crippen molar-refractivity contribution in [1.29, 1.82) is 0 Å². The lowest BCUT2D eigenvalue weighted by Crippen LogP contribution is -2.13. The van der Waals surface area contributed by atoms with E-state index in [1.165, 1.54) is 18.6 Å². The molecule has 1 amide bonds. The Morgan fingerprint density at radius 2 is 2.18 bits per heavy atom. The molecule has 0 aliphatic carbocycles. The Bertz CT molecular complexity index is 544. The first kappa shape index (κ1) is 11.3. The third-order valence-electron chi connectivity index (χ3n) is 2.06. The van der Waals surface area contributed by atoms with Crippen molar-refractivity contribution in [3.05, 3.63) is 47.4 Å². The van der Waals surface area contributed by atoms with Crippen LogP contribution in [0.3, 0.4) is 0 Å². The first-order valence-corrected chi connectivity index (χ1v) is 5.17. The van der Waals surface area contributed by atoms with Gasteiger partial charge in [0.05, 0.1) is 10.6 Å². The molecule has 86 valence electrons. The van der Waals surface area contributed by atoms with Crippen LogP contribution in [0.4, 0.5) is 11.5 Å². The Balaban J connectivity index is 2.23. The van der Waals surface area contributed by atoms with Crippen LogP contribution in [0.1, 0.15) is 10.4 Å². The van der Waals surface area contributed by atoms with Crippen molar-refractivity contribution in [2.75, 3.05) is 11.1 Å². The number of amides is 1. The van der Waals surface area contributed by atoms with Crippen molar-refractivity contribution in [1.82, 2.24) is 9.97 Å². The second-order valence-electron chi connectivity index (χ2n) is 3.29. The minimum Gasteiger partial charge on any atom is -0.399 e. The van der Waals surface area contributed by atoms with Crippen molar-refractivity contribution in [3.63, 3.8) is 0 Å². The fourth-order valence-corrected chi connectivity index (χ4v) is 1.47. The maximum atomic E-state index is 11.9. The molecular formula is C11H9ClN4O. The molecule has 1 aromatic carbocycles. The summed E-state index contributed by atoms with van der Waals surface area (Å²) < 4.78 is 0. The molecule has 6 heteroatoms. The molecule has 0 atom stereocenters.